The van der Waals surface area contributed by atoms with Crippen molar-refractivity contribution in [3.63, 3.8) is 0 Å². The van der Waals surface area contributed by atoms with Gasteiger partial charge in [-0.3, -0.25) is 4.79 Å². The number of carbonyl (C=O) groups excluding carboxylic acids is 2. The molecule has 3 rings (SSSR count). The number of hydrogen-bond donors (Lipinski definition) is 1. The second-order valence-corrected chi connectivity index (χ2v) is 7.07. The molecule has 3 aromatic rings. The summed E-state index contributed by atoms with van der Waals surface area (Å²) in [4.78, 5) is 26.2. The second-order valence-electron chi connectivity index (χ2n) is 7.07. The molecule has 1 amide bonds. The van der Waals surface area contributed by atoms with E-state index in [0.29, 0.717) is 29.4 Å². The molecular formula is C25H23N3O4. The van der Waals surface area contributed by atoms with Gasteiger partial charge in [0.1, 0.15) is 23.2 Å². The van der Waals surface area contributed by atoms with Crippen molar-refractivity contribution in [2.75, 3.05) is 30.9 Å². The number of rotatable bonds is 7. The third kappa shape index (κ3) is 5.43. The predicted molar refractivity (Wildman–Crippen MR) is 123 cm³/mol. The van der Waals surface area contributed by atoms with Gasteiger partial charge in [-0.2, -0.15) is 5.26 Å². The zero-order valence-electron chi connectivity index (χ0n) is 18.1. The monoisotopic (exact) mass is 429 g/mol. The molecule has 162 valence electrons. The Balaban J connectivity index is 1.72. The molecule has 0 atom stereocenters. The summed E-state index contributed by atoms with van der Waals surface area (Å²) >= 11 is 0. The van der Waals surface area contributed by atoms with E-state index in [4.69, 9.17) is 9.15 Å². The third-order valence-corrected chi connectivity index (χ3v) is 4.60. The number of benzene rings is 2. The van der Waals surface area contributed by atoms with Crippen LogP contribution >= 0.6 is 0 Å². The van der Waals surface area contributed by atoms with Crippen LogP contribution in [0.5, 0.6) is 0 Å². The van der Waals surface area contributed by atoms with Gasteiger partial charge in [-0.1, -0.05) is 12.1 Å². The molecule has 7 heteroatoms. The number of nitrogens with zero attached hydrogens (tertiary/aromatic N) is 2. The lowest BCUT2D eigenvalue weighted by Gasteiger charge is -2.12. The van der Waals surface area contributed by atoms with Gasteiger partial charge in [-0.25, -0.2) is 4.79 Å². The molecule has 0 bridgehead atoms. The first-order chi connectivity index (χ1) is 15.4. The van der Waals surface area contributed by atoms with Crippen molar-refractivity contribution >= 4 is 29.3 Å². The molecule has 1 heterocycles. The van der Waals surface area contributed by atoms with E-state index in [1.54, 1.807) is 55.5 Å². The first-order valence-electron chi connectivity index (χ1n) is 9.99. The number of ether oxygens (including phenoxy) is 1. The standard InChI is InChI=1S/C25H23N3O4/c1-4-31-25(30)18-7-5-17(6-8-18)23-14-13-22(32-23)15-19(16-26)24(29)27-20-9-11-21(12-10-20)28(2)3/h5-15H,4H2,1-3H3,(H,27,29)/b19-15-. The summed E-state index contributed by atoms with van der Waals surface area (Å²) < 4.78 is 10.7. The molecule has 0 fully saturated rings. The van der Waals surface area contributed by atoms with E-state index < -0.39 is 5.91 Å². The first kappa shape index (κ1) is 22.4. The van der Waals surface area contributed by atoms with Crippen LogP contribution in [0.25, 0.3) is 17.4 Å². The molecule has 0 unspecified atom stereocenters. The fraction of sp³-hybridized carbons (Fsp3) is 0.160. The highest BCUT2D eigenvalue weighted by Gasteiger charge is 2.12. The van der Waals surface area contributed by atoms with Crippen molar-refractivity contribution < 1.29 is 18.7 Å². The van der Waals surface area contributed by atoms with Gasteiger partial charge in [0, 0.05) is 37.1 Å². The highest BCUT2D eigenvalue weighted by Crippen LogP contribution is 2.24. The average Bonchev–Trinajstić information content (AvgIpc) is 3.26. The predicted octanol–water partition coefficient (Wildman–Crippen LogP) is 4.73. The highest BCUT2D eigenvalue weighted by molar-refractivity contribution is 6.09. The Morgan fingerprint density at radius 3 is 2.34 bits per heavy atom. The minimum atomic E-state index is -0.526. The fourth-order valence-corrected chi connectivity index (χ4v) is 2.90. The lowest BCUT2D eigenvalue weighted by Crippen LogP contribution is -2.14. The molecule has 0 aliphatic rings. The Kier molecular flexibility index (Phi) is 7.09. The molecule has 0 saturated carbocycles. The van der Waals surface area contributed by atoms with Gasteiger partial charge >= 0.3 is 5.97 Å². The van der Waals surface area contributed by atoms with Gasteiger partial charge in [-0.05, 0) is 55.5 Å². The Labute approximate surface area is 186 Å². The van der Waals surface area contributed by atoms with Crippen LogP contribution in [0.3, 0.4) is 0 Å². The van der Waals surface area contributed by atoms with Gasteiger partial charge in [0.15, 0.2) is 0 Å². The molecule has 7 nitrogen and oxygen atoms in total. The van der Waals surface area contributed by atoms with Crippen LogP contribution in [0.4, 0.5) is 11.4 Å². The lowest BCUT2D eigenvalue weighted by molar-refractivity contribution is -0.112. The molecule has 1 N–H and O–H groups in total. The Morgan fingerprint density at radius 1 is 1.06 bits per heavy atom. The average molecular weight is 429 g/mol. The van der Waals surface area contributed by atoms with Crippen LogP contribution in [0, 0.1) is 11.3 Å². The van der Waals surface area contributed by atoms with Crippen LogP contribution in [0.15, 0.2) is 70.7 Å². The maximum Gasteiger partial charge on any atom is 0.338 e. The van der Waals surface area contributed by atoms with E-state index in [0.717, 1.165) is 11.3 Å². The first-order valence-corrected chi connectivity index (χ1v) is 9.99. The molecule has 32 heavy (non-hydrogen) atoms. The van der Waals surface area contributed by atoms with Gasteiger partial charge in [-0.15, -0.1) is 0 Å². The summed E-state index contributed by atoms with van der Waals surface area (Å²) in [6, 6.07) is 19.4. The van der Waals surface area contributed by atoms with Crippen molar-refractivity contribution in [2.24, 2.45) is 0 Å². The van der Waals surface area contributed by atoms with Gasteiger partial charge in [0.05, 0.1) is 12.2 Å². The lowest BCUT2D eigenvalue weighted by atomic mass is 10.1. The van der Waals surface area contributed by atoms with Crippen LogP contribution in [-0.4, -0.2) is 32.6 Å². The fourth-order valence-electron chi connectivity index (χ4n) is 2.90. The third-order valence-electron chi connectivity index (χ3n) is 4.60. The van der Waals surface area contributed by atoms with Crippen LogP contribution in [0.2, 0.25) is 0 Å². The van der Waals surface area contributed by atoms with E-state index in [2.05, 4.69) is 5.32 Å². The van der Waals surface area contributed by atoms with Crippen LogP contribution in [0.1, 0.15) is 23.0 Å². The van der Waals surface area contributed by atoms with Crippen molar-refractivity contribution in [1.82, 2.24) is 0 Å². The molecule has 0 aliphatic heterocycles. The number of amides is 1. The zero-order valence-corrected chi connectivity index (χ0v) is 18.1. The Hall–Kier alpha value is -4.31. The van der Waals surface area contributed by atoms with E-state index >= 15 is 0 Å². The van der Waals surface area contributed by atoms with Crippen LogP contribution in [-0.2, 0) is 9.53 Å². The molecule has 0 aliphatic carbocycles. The summed E-state index contributed by atoms with van der Waals surface area (Å²) in [5.41, 5.74) is 2.70. The van der Waals surface area contributed by atoms with E-state index in [1.807, 2.05) is 37.2 Å². The molecule has 0 radical (unpaired) electrons. The van der Waals surface area contributed by atoms with Crippen molar-refractivity contribution in [2.45, 2.75) is 6.92 Å². The zero-order chi connectivity index (χ0) is 23.1. The van der Waals surface area contributed by atoms with Crippen molar-refractivity contribution in [1.29, 1.82) is 5.26 Å². The number of hydrogen-bond acceptors (Lipinski definition) is 6. The Morgan fingerprint density at radius 2 is 1.75 bits per heavy atom. The number of anilines is 2. The number of nitrogens with one attached hydrogen (secondary N) is 1. The molecule has 0 saturated heterocycles. The van der Waals surface area contributed by atoms with E-state index in [9.17, 15) is 14.9 Å². The van der Waals surface area contributed by atoms with Gasteiger partial charge in [0.2, 0.25) is 0 Å². The minimum absolute atomic E-state index is 0.0831. The van der Waals surface area contributed by atoms with Gasteiger partial charge in [0.25, 0.3) is 5.91 Å². The topological polar surface area (TPSA) is 95.6 Å². The number of carbonyl (C=O) groups is 2. The van der Waals surface area contributed by atoms with E-state index in [-0.39, 0.29) is 11.5 Å². The number of furan rings is 1. The summed E-state index contributed by atoms with van der Waals surface area (Å²) in [7, 11) is 3.85. The SMILES string of the molecule is CCOC(=O)c1ccc(-c2ccc(/C=C(/C#N)C(=O)Nc3ccc(N(C)C)cc3)o2)cc1. The summed E-state index contributed by atoms with van der Waals surface area (Å²) in [6.07, 6.45) is 1.39. The Bertz CT molecular complexity index is 1170. The van der Waals surface area contributed by atoms with Crippen molar-refractivity contribution in [3.05, 3.63) is 77.6 Å². The maximum absolute atomic E-state index is 12.5. The van der Waals surface area contributed by atoms with Crippen LogP contribution < -0.4 is 10.2 Å². The molecule has 0 spiro atoms. The molecule has 2 aromatic carbocycles. The van der Waals surface area contributed by atoms with Crippen molar-refractivity contribution in [3.8, 4) is 17.4 Å². The number of nitriles is 1. The largest absolute Gasteiger partial charge is 0.462 e. The number of esters is 1. The smallest absolute Gasteiger partial charge is 0.338 e. The normalized spacial score (nSPS) is 10.9. The van der Waals surface area contributed by atoms with Gasteiger partial charge < -0.3 is 19.4 Å². The highest BCUT2D eigenvalue weighted by atomic mass is 16.5. The molecule has 1 aromatic heterocycles. The quantitative estimate of drug-likeness (QED) is 0.331. The minimum Gasteiger partial charge on any atom is -0.462 e. The second kappa shape index (κ2) is 10.1. The summed E-state index contributed by atoms with van der Waals surface area (Å²) in [5.74, 6) is -0.00209. The maximum atomic E-state index is 12.5. The van der Waals surface area contributed by atoms with E-state index in [1.165, 1.54) is 6.08 Å². The summed E-state index contributed by atoms with van der Waals surface area (Å²) in [6.45, 7) is 2.06. The summed E-state index contributed by atoms with van der Waals surface area (Å²) in [5, 5.41) is 12.1. The molecular weight excluding hydrogens is 406 g/mol.